The third kappa shape index (κ3) is 2.79. The Balaban J connectivity index is 1.70. The number of benzene rings is 1. The number of aromatic nitrogens is 1. The minimum absolute atomic E-state index is 0.0812. The summed E-state index contributed by atoms with van der Waals surface area (Å²) in [7, 11) is 1.82. The summed E-state index contributed by atoms with van der Waals surface area (Å²) in [6, 6.07) is 9.91. The number of para-hydroxylation sites is 1. The van der Waals surface area contributed by atoms with Crippen LogP contribution in [0.25, 0.3) is 0 Å². The van der Waals surface area contributed by atoms with E-state index in [2.05, 4.69) is 18.8 Å². The molecule has 1 aromatic carbocycles. The van der Waals surface area contributed by atoms with Gasteiger partial charge in [0, 0.05) is 31.8 Å². The predicted octanol–water partition coefficient (Wildman–Crippen LogP) is 3.61. The van der Waals surface area contributed by atoms with Crippen LogP contribution in [0.3, 0.4) is 0 Å². The number of carbonyl (C=O) groups is 1. The van der Waals surface area contributed by atoms with Gasteiger partial charge in [0.05, 0.1) is 5.69 Å². The first-order valence-corrected chi connectivity index (χ1v) is 8.23. The molecule has 2 atom stereocenters. The number of hydrogen-bond acceptors (Lipinski definition) is 4. The van der Waals surface area contributed by atoms with Crippen molar-refractivity contribution in [3.05, 3.63) is 47.7 Å². The highest BCUT2D eigenvalue weighted by Crippen LogP contribution is 2.46. The lowest BCUT2D eigenvalue weighted by molar-refractivity contribution is -0.0891. The number of carbonyl (C=O) groups excluding carboxylic acids is 1. The number of rotatable bonds is 4. The van der Waals surface area contributed by atoms with Gasteiger partial charge >= 0.3 is 0 Å². The first-order chi connectivity index (χ1) is 11.3. The Bertz CT molecular complexity index is 736. The van der Waals surface area contributed by atoms with E-state index < -0.39 is 0 Å². The first kappa shape index (κ1) is 16.6. The van der Waals surface area contributed by atoms with Crippen LogP contribution in [0.5, 0.6) is 5.75 Å². The molecule has 0 aliphatic heterocycles. The molecule has 1 aliphatic carbocycles. The zero-order chi connectivity index (χ0) is 17.5. The standard InChI is InChI=1S/C19H24N2O3/c1-12-17(23-13(2)20-12)18(22)21(5)15-11-16(19(15,3)4)24-14-9-7-6-8-10-14/h6-10,15-16H,11H2,1-5H3/t15-,16-/m1/s1. The molecule has 2 aromatic rings. The summed E-state index contributed by atoms with van der Waals surface area (Å²) in [5.74, 6) is 1.59. The first-order valence-electron chi connectivity index (χ1n) is 8.23. The monoisotopic (exact) mass is 328 g/mol. The Morgan fingerprint density at radius 2 is 1.96 bits per heavy atom. The largest absolute Gasteiger partial charge is 0.490 e. The topological polar surface area (TPSA) is 55.6 Å². The van der Waals surface area contributed by atoms with E-state index in [1.807, 2.05) is 37.4 Å². The molecule has 1 heterocycles. The third-order valence-electron chi connectivity index (χ3n) is 5.03. The quantitative estimate of drug-likeness (QED) is 0.860. The normalized spacial score (nSPS) is 21.9. The zero-order valence-corrected chi connectivity index (χ0v) is 14.9. The summed E-state index contributed by atoms with van der Waals surface area (Å²) in [5.41, 5.74) is 0.502. The summed E-state index contributed by atoms with van der Waals surface area (Å²) in [4.78, 5) is 18.7. The maximum Gasteiger partial charge on any atom is 0.291 e. The molecule has 3 rings (SSSR count). The van der Waals surface area contributed by atoms with E-state index >= 15 is 0 Å². The van der Waals surface area contributed by atoms with Gasteiger partial charge in [-0.15, -0.1) is 0 Å². The molecule has 0 N–H and O–H groups in total. The maximum atomic E-state index is 12.7. The van der Waals surface area contributed by atoms with Gasteiger partial charge in [0.2, 0.25) is 5.76 Å². The molecular formula is C19H24N2O3. The Morgan fingerprint density at radius 3 is 2.50 bits per heavy atom. The van der Waals surface area contributed by atoms with Crippen LogP contribution in [-0.2, 0) is 0 Å². The lowest BCUT2D eigenvalue weighted by Crippen LogP contribution is -2.63. The van der Waals surface area contributed by atoms with Gasteiger partial charge in [-0.25, -0.2) is 4.98 Å². The van der Waals surface area contributed by atoms with Gasteiger partial charge in [-0.05, 0) is 19.1 Å². The smallest absolute Gasteiger partial charge is 0.291 e. The fourth-order valence-electron chi connectivity index (χ4n) is 3.42. The Labute approximate surface area is 142 Å². The van der Waals surface area contributed by atoms with E-state index in [1.54, 1.807) is 18.7 Å². The molecule has 5 heteroatoms. The highest BCUT2D eigenvalue weighted by Gasteiger charge is 2.53. The summed E-state index contributed by atoms with van der Waals surface area (Å²) in [6.45, 7) is 7.82. The molecule has 5 nitrogen and oxygen atoms in total. The second-order valence-electron chi connectivity index (χ2n) is 7.06. The third-order valence-corrected chi connectivity index (χ3v) is 5.03. The van der Waals surface area contributed by atoms with Gasteiger partial charge in [-0.2, -0.15) is 0 Å². The zero-order valence-electron chi connectivity index (χ0n) is 14.9. The van der Waals surface area contributed by atoms with Crippen molar-refractivity contribution in [1.29, 1.82) is 0 Å². The average molecular weight is 328 g/mol. The van der Waals surface area contributed by atoms with Gasteiger partial charge in [0.1, 0.15) is 11.9 Å². The van der Waals surface area contributed by atoms with Crippen molar-refractivity contribution in [3.63, 3.8) is 0 Å². The second-order valence-corrected chi connectivity index (χ2v) is 7.06. The van der Waals surface area contributed by atoms with E-state index in [0.717, 1.165) is 12.2 Å². The Morgan fingerprint density at radius 1 is 1.29 bits per heavy atom. The number of amides is 1. The van der Waals surface area contributed by atoms with Crippen molar-refractivity contribution < 1.29 is 13.9 Å². The molecular weight excluding hydrogens is 304 g/mol. The molecule has 1 fully saturated rings. The minimum atomic E-state index is -0.136. The molecule has 0 saturated heterocycles. The molecule has 128 valence electrons. The predicted molar refractivity (Wildman–Crippen MR) is 91.1 cm³/mol. The Hall–Kier alpha value is -2.30. The van der Waals surface area contributed by atoms with Gasteiger partial charge in [0.15, 0.2) is 5.89 Å². The summed E-state index contributed by atoms with van der Waals surface area (Å²) >= 11 is 0. The lowest BCUT2D eigenvalue weighted by Gasteiger charge is -2.54. The maximum absolute atomic E-state index is 12.7. The van der Waals surface area contributed by atoms with Crippen molar-refractivity contribution in [2.45, 2.75) is 46.3 Å². The Kier molecular flexibility index (Phi) is 4.11. The number of ether oxygens (including phenoxy) is 1. The molecule has 1 aromatic heterocycles. The van der Waals surface area contributed by atoms with Crippen LogP contribution in [0.15, 0.2) is 34.7 Å². The van der Waals surface area contributed by atoms with E-state index in [4.69, 9.17) is 9.15 Å². The lowest BCUT2D eigenvalue weighted by atomic mass is 9.63. The molecule has 1 aliphatic rings. The fraction of sp³-hybridized carbons (Fsp3) is 0.474. The molecule has 0 spiro atoms. The van der Waals surface area contributed by atoms with Crippen molar-refractivity contribution in [3.8, 4) is 5.75 Å². The highest BCUT2D eigenvalue weighted by molar-refractivity contribution is 5.92. The van der Waals surface area contributed by atoms with Crippen LogP contribution < -0.4 is 4.74 Å². The number of aryl methyl sites for hydroxylation is 2. The summed E-state index contributed by atoms with van der Waals surface area (Å²) < 4.78 is 11.6. The average Bonchev–Trinajstić information content (AvgIpc) is 2.89. The van der Waals surface area contributed by atoms with Gasteiger partial charge in [-0.1, -0.05) is 32.0 Å². The van der Waals surface area contributed by atoms with Gasteiger partial charge in [-0.3, -0.25) is 4.79 Å². The van der Waals surface area contributed by atoms with Crippen LogP contribution in [0.4, 0.5) is 0 Å². The van der Waals surface area contributed by atoms with Crippen LogP contribution in [0.1, 0.15) is 42.4 Å². The molecule has 24 heavy (non-hydrogen) atoms. The number of hydrogen-bond donors (Lipinski definition) is 0. The number of oxazole rings is 1. The van der Waals surface area contributed by atoms with Crippen LogP contribution >= 0.6 is 0 Å². The van der Waals surface area contributed by atoms with Gasteiger partial charge < -0.3 is 14.1 Å². The van der Waals surface area contributed by atoms with Gasteiger partial charge in [0.25, 0.3) is 5.91 Å². The molecule has 1 amide bonds. The SMILES string of the molecule is Cc1nc(C)c(C(=O)N(C)[C@@H]2C[C@@H](Oc3ccccc3)C2(C)C)o1. The molecule has 0 unspecified atom stereocenters. The molecule has 1 saturated carbocycles. The minimum Gasteiger partial charge on any atom is -0.490 e. The highest BCUT2D eigenvalue weighted by atomic mass is 16.5. The summed E-state index contributed by atoms with van der Waals surface area (Å²) in [6.07, 6.45) is 0.883. The van der Waals surface area contributed by atoms with E-state index in [-0.39, 0.29) is 23.5 Å². The number of nitrogens with zero attached hydrogens (tertiary/aromatic N) is 2. The van der Waals surface area contributed by atoms with Crippen molar-refractivity contribution in [2.24, 2.45) is 5.41 Å². The van der Waals surface area contributed by atoms with Crippen molar-refractivity contribution >= 4 is 5.91 Å². The van der Waals surface area contributed by atoms with E-state index in [1.165, 1.54) is 0 Å². The van der Waals surface area contributed by atoms with Crippen molar-refractivity contribution in [2.75, 3.05) is 7.05 Å². The molecule has 0 radical (unpaired) electrons. The van der Waals surface area contributed by atoms with Crippen LogP contribution in [0, 0.1) is 19.3 Å². The van der Waals surface area contributed by atoms with E-state index in [0.29, 0.717) is 17.3 Å². The van der Waals surface area contributed by atoms with Crippen molar-refractivity contribution in [1.82, 2.24) is 9.88 Å². The molecule has 0 bridgehead atoms. The second kappa shape index (κ2) is 5.96. The van der Waals surface area contributed by atoms with E-state index in [9.17, 15) is 4.79 Å². The van der Waals surface area contributed by atoms with Crippen LogP contribution in [-0.4, -0.2) is 35.0 Å². The summed E-state index contributed by atoms with van der Waals surface area (Å²) in [5, 5.41) is 0. The fourth-order valence-corrected chi connectivity index (χ4v) is 3.42. The van der Waals surface area contributed by atoms with Crippen LogP contribution in [0.2, 0.25) is 0 Å².